The maximum atomic E-state index is 10.7. The average Bonchev–Trinajstić information content (AvgIpc) is 2.33. The summed E-state index contributed by atoms with van der Waals surface area (Å²) < 4.78 is 0. The van der Waals surface area contributed by atoms with Crippen LogP contribution in [0.4, 0.5) is 5.69 Å². The van der Waals surface area contributed by atoms with Crippen molar-refractivity contribution in [1.29, 1.82) is 0 Å². The van der Waals surface area contributed by atoms with Crippen molar-refractivity contribution >= 4 is 17.3 Å². The number of nitro groups is 1. The maximum Gasteiger partial charge on any atom is 0.287 e. The van der Waals surface area contributed by atoms with Crippen LogP contribution in [0, 0.1) is 10.1 Å². The van der Waals surface area contributed by atoms with E-state index in [0.29, 0.717) is 12.1 Å². The third-order valence-electron chi connectivity index (χ3n) is 3.59. The molecule has 1 aliphatic heterocycles. The Bertz CT molecular complexity index is 471. The lowest BCUT2D eigenvalue weighted by atomic mass is 10.1. The summed E-state index contributed by atoms with van der Waals surface area (Å²) in [6.45, 7) is 7.04. The van der Waals surface area contributed by atoms with Crippen molar-refractivity contribution < 1.29 is 4.92 Å². The molecule has 1 aromatic rings. The first-order chi connectivity index (χ1) is 8.99. The molecule has 2 atom stereocenters. The van der Waals surface area contributed by atoms with E-state index in [0.717, 1.165) is 25.2 Å². The Morgan fingerprint density at radius 2 is 2.05 bits per heavy atom. The highest BCUT2D eigenvalue weighted by Crippen LogP contribution is 2.26. The van der Waals surface area contributed by atoms with Crippen LogP contribution in [-0.2, 0) is 6.54 Å². The summed E-state index contributed by atoms with van der Waals surface area (Å²) in [7, 11) is 0. The van der Waals surface area contributed by atoms with Gasteiger partial charge in [0, 0.05) is 37.8 Å². The number of nitrogens with zero attached hydrogens (tertiary/aromatic N) is 2. The third-order valence-corrected chi connectivity index (χ3v) is 3.89. The molecule has 0 amide bonds. The molecule has 1 fully saturated rings. The fourth-order valence-corrected chi connectivity index (χ4v) is 2.76. The molecule has 6 heteroatoms. The molecule has 1 heterocycles. The summed E-state index contributed by atoms with van der Waals surface area (Å²) in [6.07, 6.45) is 0. The summed E-state index contributed by atoms with van der Waals surface area (Å²) >= 11 is 5.94. The molecule has 1 aliphatic rings. The molecular weight excluding hydrogens is 266 g/mol. The van der Waals surface area contributed by atoms with Crippen molar-refractivity contribution in [2.75, 3.05) is 13.1 Å². The standard InChI is InChI=1S/C13H18ClN3O2/c1-9-6-15-7-10(2)16(9)8-11-3-4-13(17(18)19)12(14)5-11/h3-5,9-10,15H,6-8H2,1-2H3/t9-,10+. The molecule has 1 aromatic carbocycles. The van der Waals surface area contributed by atoms with Gasteiger partial charge in [0.05, 0.1) is 4.92 Å². The number of piperazine rings is 1. The first-order valence-electron chi connectivity index (χ1n) is 6.38. The quantitative estimate of drug-likeness (QED) is 0.684. The maximum absolute atomic E-state index is 10.7. The largest absolute Gasteiger partial charge is 0.314 e. The Balaban J connectivity index is 2.14. The summed E-state index contributed by atoms with van der Waals surface area (Å²) in [6, 6.07) is 5.84. The molecule has 0 spiro atoms. The molecule has 0 saturated carbocycles. The van der Waals surface area contributed by atoms with Gasteiger partial charge >= 0.3 is 0 Å². The fraction of sp³-hybridized carbons (Fsp3) is 0.538. The molecule has 0 bridgehead atoms. The van der Waals surface area contributed by atoms with E-state index in [1.54, 1.807) is 12.1 Å². The van der Waals surface area contributed by atoms with Gasteiger partial charge in [-0.25, -0.2) is 0 Å². The van der Waals surface area contributed by atoms with Gasteiger partial charge in [0.25, 0.3) is 5.69 Å². The van der Waals surface area contributed by atoms with E-state index in [-0.39, 0.29) is 10.7 Å². The van der Waals surface area contributed by atoms with Crippen molar-refractivity contribution in [2.45, 2.75) is 32.5 Å². The molecule has 0 unspecified atom stereocenters. The molecule has 104 valence electrons. The first kappa shape index (κ1) is 14.2. The Morgan fingerprint density at radius 1 is 1.42 bits per heavy atom. The molecule has 0 radical (unpaired) electrons. The lowest BCUT2D eigenvalue weighted by Crippen LogP contribution is -2.54. The Hall–Kier alpha value is -1.17. The number of nitrogens with one attached hydrogen (secondary N) is 1. The van der Waals surface area contributed by atoms with Gasteiger partial charge in [0.2, 0.25) is 0 Å². The minimum atomic E-state index is -0.456. The zero-order valence-electron chi connectivity index (χ0n) is 11.1. The zero-order chi connectivity index (χ0) is 14.0. The van der Waals surface area contributed by atoms with Crippen LogP contribution >= 0.6 is 11.6 Å². The molecule has 1 saturated heterocycles. The normalized spacial score (nSPS) is 24.4. The van der Waals surface area contributed by atoms with E-state index >= 15 is 0 Å². The van der Waals surface area contributed by atoms with Crippen molar-refractivity contribution in [3.05, 3.63) is 38.9 Å². The Kier molecular flexibility index (Phi) is 4.39. The predicted molar refractivity (Wildman–Crippen MR) is 75.4 cm³/mol. The van der Waals surface area contributed by atoms with Crippen LogP contribution in [0.5, 0.6) is 0 Å². The van der Waals surface area contributed by atoms with E-state index in [1.165, 1.54) is 6.07 Å². The molecule has 2 rings (SSSR count). The van der Waals surface area contributed by atoms with Crippen LogP contribution in [0.1, 0.15) is 19.4 Å². The topological polar surface area (TPSA) is 58.4 Å². The van der Waals surface area contributed by atoms with Gasteiger partial charge in [-0.1, -0.05) is 17.7 Å². The van der Waals surface area contributed by atoms with Crippen LogP contribution in [0.2, 0.25) is 5.02 Å². The van der Waals surface area contributed by atoms with Crippen molar-refractivity contribution in [3.63, 3.8) is 0 Å². The SMILES string of the molecule is C[C@@H]1CNC[C@H](C)N1Cc1ccc([N+](=O)[O-])c(Cl)c1. The van der Waals surface area contributed by atoms with Crippen molar-refractivity contribution in [2.24, 2.45) is 0 Å². The number of hydrogen-bond donors (Lipinski definition) is 1. The van der Waals surface area contributed by atoms with Gasteiger partial charge in [-0.2, -0.15) is 0 Å². The van der Waals surface area contributed by atoms with Crippen LogP contribution in [0.25, 0.3) is 0 Å². The lowest BCUT2D eigenvalue weighted by Gasteiger charge is -2.39. The van der Waals surface area contributed by atoms with Gasteiger partial charge in [-0.3, -0.25) is 15.0 Å². The fourth-order valence-electron chi connectivity index (χ4n) is 2.49. The van der Waals surface area contributed by atoms with Gasteiger partial charge in [-0.15, -0.1) is 0 Å². The third kappa shape index (κ3) is 3.23. The number of nitro benzene ring substituents is 1. The van der Waals surface area contributed by atoms with Crippen LogP contribution in [-0.4, -0.2) is 35.0 Å². The number of benzene rings is 1. The molecule has 1 N–H and O–H groups in total. The summed E-state index contributed by atoms with van der Waals surface area (Å²) in [4.78, 5) is 12.7. The Labute approximate surface area is 117 Å². The number of rotatable bonds is 3. The second-order valence-electron chi connectivity index (χ2n) is 5.07. The van der Waals surface area contributed by atoms with Gasteiger partial charge < -0.3 is 5.32 Å². The van der Waals surface area contributed by atoms with E-state index in [1.807, 2.05) is 0 Å². The summed E-state index contributed by atoms with van der Waals surface area (Å²) in [5.41, 5.74) is 0.975. The average molecular weight is 284 g/mol. The van der Waals surface area contributed by atoms with Gasteiger partial charge in [0.15, 0.2) is 0 Å². The molecule has 0 aromatic heterocycles. The Morgan fingerprint density at radius 3 is 2.58 bits per heavy atom. The van der Waals surface area contributed by atoms with E-state index in [9.17, 15) is 10.1 Å². The van der Waals surface area contributed by atoms with Crippen LogP contribution in [0.3, 0.4) is 0 Å². The number of hydrogen-bond acceptors (Lipinski definition) is 4. The second-order valence-corrected chi connectivity index (χ2v) is 5.48. The van der Waals surface area contributed by atoms with Crippen molar-refractivity contribution in [3.8, 4) is 0 Å². The zero-order valence-corrected chi connectivity index (χ0v) is 11.9. The molecule has 5 nitrogen and oxygen atoms in total. The van der Waals surface area contributed by atoms with Gasteiger partial charge in [0.1, 0.15) is 5.02 Å². The monoisotopic (exact) mass is 283 g/mol. The van der Waals surface area contributed by atoms with E-state index in [2.05, 4.69) is 24.1 Å². The molecule has 0 aliphatic carbocycles. The predicted octanol–water partition coefficient (Wildman–Crippen LogP) is 2.43. The molecule has 19 heavy (non-hydrogen) atoms. The first-order valence-corrected chi connectivity index (χ1v) is 6.76. The smallest absolute Gasteiger partial charge is 0.287 e. The van der Waals surface area contributed by atoms with E-state index in [4.69, 9.17) is 11.6 Å². The minimum Gasteiger partial charge on any atom is -0.314 e. The highest BCUT2D eigenvalue weighted by molar-refractivity contribution is 6.32. The van der Waals surface area contributed by atoms with Crippen LogP contribution < -0.4 is 5.32 Å². The summed E-state index contributed by atoms with van der Waals surface area (Å²) in [5, 5.41) is 14.3. The number of halogens is 1. The van der Waals surface area contributed by atoms with Crippen LogP contribution in [0.15, 0.2) is 18.2 Å². The van der Waals surface area contributed by atoms with E-state index < -0.39 is 4.92 Å². The minimum absolute atomic E-state index is 0.0353. The lowest BCUT2D eigenvalue weighted by molar-refractivity contribution is -0.384. The summed E-state index contributed by atoms with van der Waals surface area (Å²) in [5.74, 6) is 0. The molecular formula is C13H18ClN3O2. The second kappa shape index (κ2) is 5.86. The van der Waals surface area contributed by atoms with Gasteiger partial charge in [-0.05, 0) is 25.5 Å². The highest BCUT2D eigenvalue weighted by atomic mass is 35.5. The highest BCUT2D eigenvalue weighted by Gasteiger charge is 2.24. The van der Waals surface area contributed by atoms with Crippen molar-refractivity contribution in [1.82, 2.24) is 10.2 Å².